The summed E-state index contributed by atoms with van der Waals surface area (Å²) in [4.78, 5) is 43.5. The van der Waals surface area contributed by atoms with E-state index in [0.29, 0.717) is 13.2 Å². The number of hydrogen-bond donors (Lipinski definition) is 0. The van der Waals surface area contributed by atoms with Crippen molar-refractivity contribution in [2.24, 2.45) is 10.8 Å². The van der Waals surface area contributed by atoms with Gasteiger partial charge in [0.25, 0.3) is 0 Å². The molecule has 0 aliphatic carbocycles. The van der Waals surface area contributed by atoms with Crippen molar-refractivity contribution in [3.8, 4) is 0 Å². The molecular formula is C30H56O8. The van der Waals surface area contributed by atoms with E-state index in [2.05, 4.69) is 53.7 Å². The molecule has 0 fully saturated rings. The van der Waals surface area contributed by atoms with Crippen molar-refractivity contribution in [1.82, 2.24) is 0 Å². The van der Waals surface area contributed by atoms with E-state index in [1.807, 2.05) is 27.7 Å². The van der Waals surface area contributed by atoms with E-state index in [1.165, 1.54) is 0 Å². The molecule has 0 saturated heterocycles. The number of hydrogen-bond acceptors (Lipinski definition) is 8. The predicted octanol–water partition coefficient (Wildman–Crippen LogP) is 9.26. The van der Waals surface area contributed by atoms with Crippen LogP contribution in [-0.4, -0.2) is 36.7 Å². The van der Waals surface area contributed by atoms with Gasteiger partial charge in [0.1, 0.15) is 11.2 Å². The van der Waals surface area contributed by atoms with Gasteiger partial charge in [-0.3, -0.25) is 9.78 Å². The van der Waals surface area contributed by atoms with Gasteiger partial charge >= 0.3 is 12.3 Å². The number of carbonyl (C=O) groups excluding carboxylic acids is 2. The SMILES string of the molecule is CC(C)(C)CC(C)(C)OOC(=O)OCCCCC/C=C/CCCCCOC(=O)OOC(C)(C)CC(C)(C)C. The van der Waals surface area contributed by atoms with Crippen molar-refractivity contribution >= 4 is 12.3 Å². The van der Waals surface area contributed by atoms with E-state index in [9.17, 15) is 9.59 Å². The van der Waals surface area contributed by atoms with E-state index >= 15 is 0 Å². The zero-order valence-corrected chi connectivity index (χ0v) is 25.9. The molecule has 0 amide bonds. The molecule has 0 aromatic carbocycles. The average molecular weight is 545 g/mol. The second-order valence-electron chi connectivity index (χ2n) is 13.7. The fraction of sp³-hybridized carbons (Fsp3) is 0.867. The first kappa shape index (κ1) is 36.2. The normalized spacial score (nSPS) is 13.0. The summed E-state index contributed by atoms with van der Waals surface area (Å²) in [6, 6.07) is 0. The first-order chi connectivity index (χ1) is 17.4. The molecule has 0 unspecified atom stereocenters. The van der Waals surface area contributed by atoms with Crippen LogP contribution < -0.4 is 0 Å². The second kappa shape index (κ2) is 17.7. The Hall–Kier alpha value is -1.80. The van der Waals surface area contributed by atoms with Crippen LogP contribution in [0.3, 0.4) is 0 Å². The minimum atomic E-state index is -0.789. The lowest BCUT2D eigenvalue weighted by atomic mass is 9.84. The number of allylic oxidation sites excluding steroid dienone is 2. The first-order valence-corrected chi connectivity index (χ1v) is 14.1. The molecule has 0 saturated carbocycles. The third-order valence-electron chi connectivity index (χ3n) is 5.22. The minimum absolute atomic E-state index is 0.0666. The van der Waals surface area contributed by atoms with Gasteiger partial charge in [0.2, 0.25) is 0 Å². The summed E-state index contributed by atoms with van der Waals surface area (Å²) in [6.07, 6.45) is 11.9. The highest BCUT2D eigenvalue weighted by atomic mass is 17.2. The van der Waals surface area contributed by atoms with Crippen LogP contribution >= 0.6 is 0 Å². The Bertz CT molecular complexity index is 625. The Kier molecular flexibility index (Phi) is 16.9. The van der Waals surface area contributed by atoms with Gasteiger partial charge in [0, 0.05) is 0 Å². The van der Waals surface area contributed by atoms with E-state index in [-0.39, 0.29) is 10.8 Å². The molecule has 8 heteroatoms. The van der Waals surface area contributed by atoms with Crippen molar-refractivity contribution in [2.45, 2.75) is 145 Å². The Labute approximate surface area is 231 Å². The maximum Gasteiger partial charge on any atom is 0.540 e. The number of unbranched alkanes of at least 4 members (excludes halogenated alkanes) is 6. The summed E-state index contributed by atoms with van der Waals surface area (Å²) < 4.78 is 10.1. The highest BCUT2D eigenvalue weighted by Gasteiger charge is 2.30. The molecular weight excluding hydrogens is 488 g/mol. The van der Waals surface area contributed by atoms with E-state index < -0.39 is 23.5 Å². The fourth-order valence-electron chi connectivity index (χ4n) is 4.58. The topological polar surface area (TPSA) is 89.5 Å². The van der Waals surface area contributed by atoms with Crippen molar-refractivity contribution in [1.29, 1.82) is 0 Å². The van der Waals surface area contributed by atoms with Gasteiger partial charge < -0.3 is 9.47 Å². The molecule has 0 aliphatic heterocycles. The van der Waals surface area contributed by atoms with Gasteiger partial charge in [-0.2, -0.15) is 9.78 Å². The van der Waals surface area contributed by atoms with Crippen LogP contribution in [0.5, 0.6) is 0 Å². The van der Waals surface area contributed by atoms with Crippen molar-refractivity contribution in [3.63, 3.8) is 0 Å². The number of carbonyl (C=O) groups is 2. The van der Waals surface area contributed by atoms with Crippen LogP contribution in [0.2, 0.25) is 0 Å². The highest BCUT2D eigenvalue weighted by molar-refractivity contribution is 5.59. The van der Waals surface area contributed by atoms with Gasteiger partial charge in [-0.1, -0.05) is 53.7 Å². The summed E-state index contributed by atoms with van der Waals surface area (Å²) in [5.74, 6) is 0. The Morgan fingerprint density at radius 3 is 1.18 bits per heavy atom. The lowest BCUT2D eigenvalue weighted by molar-refractivity contribution is -0.322. The zero-order valence-electron chi connectivity index (χ0n) is 25.9. The van der Waals surface area contributed by atoms with Gasteiger partial charge in [0.05, 0.1) is 13.2 Å². The van der Waals surface area contributed by atoms with Gasteiger partial charge in [-0.15, -0.1) is 0 Å². The summed E-state index contributed by atoms with van der Waals surface area (Å²) in [5.41, 5.74) is -0.998. The minimum Gasteiger partial charge on any atom is -0.432 e. The Morgan fingerprint density at radius 1 is 0.526 bits per heavy atom. The van der Waals surface area contributed by atoms with E-state index in [0.717, 1.165) is 64.2 Å². The molecule has 0 bridgehead atoms. The van der Waals surface area contributed by atoms with Crippen molar-refractivity contribution in [2.75, 3.05) is 13.2 Å². The van der Waals surface area contributed by atoms with E-state index in [1.54, 1.807) is 0 Å². The largest absolute Gasteiger partial charge is 0.540 e. The molecule has 38 heavy (non-hydrogen) atoms. The Morgan fingerprint density at radius 2 is 0.868 bits per heavy atom. The van der Waals surface area contributed by atoms with Crippen LogP contribution in [-0.2, 0) is 29.0 Å². The van der Waals surface area contributed by atoms with Crippen LogP contribution in [0.25, 0.3) is 0 Å². The molecule has 0 spiro atoms. The van der Waals surface area contributed by atoms with Gasteiger partial charge in [0.15, 0.2) is 0 Å². The van der Waals surface area contributed by atoms with Gasteiger partial charge in [-0.05, 0) is 103 Å². The third kappa shape index (κ3) is 24.5. The van der Waals surface area contributed by atoms with Crippen molar-refractivity contribution < 1.29 is 38.6 Å². The molecule has 224 valence electrons. The third-order valence-corrected chi connectivity index (χ3v) is 5.22. The predicted molar refractivity (Wildman–Crippen MR) is 149 cm³/mol. The maximum absolute atomic E-state index is 11.7. The van der Waals surface area contributed by atoms with Gasteiger partial charge in [-0.25, -0.2) is 9.59 Å². The van der Waals surface area contributed by atoms with Crippen LogP contribution in [0.1, 0.15) is 133 Å². The molecule has 0 aliphatic rings. The number of ether oxygens (including phenoxy) is 2. The highest BCUT2D eigenvalue weighted by Crippen LogP contribution is 2.30. The monoisotopic (exact) mass is 544 g/mol. The molecule has 8 nitrogen and oxygen atoms in total. The summed E-state index contributed by atoms with van der Waals surface area (Å²) in [5, 5.41) is 0. The van der Waals surface area contributed by atoms with E-state index in [4.69, 9.17) is 29.0 Å². The first-order valence-electron chi connectivity index (χ1n) is 14.1. The fourth-order valence-corrected chi connectivity index (χ4v) is 4.58. The number of rotatable bonds is 18. The molecule has 0 rings (SSSR count). The molecule has 0 heterocycles. The van der Waals surface area contributed by atoms with Crippen LogP contribution in [0, 0.1) is 10.8 Å². The summed E-state index contributed by atoms with van der Waals surface area (Å²) in [6.45, 7) is 20.8. The molecule has 0 radical (unpaired) electrons. The second-order valence-corrected chi connectivity index (χ2v) is 13.7. The zero-order chi connectivity index (χ0) is 29.3. The van der Waals surface area contributed by atoms with Crippen LogP contribution in [0.15, 0.2) is 12.2 Å². The lowest BCUT2D eigenvalue weighted by Crippen LogP contribution is -2.31. The standard InChI is InChI=1S/C30H56O8/c1-27(2,3)23-29(7,8)37-35-25(31)33-21-19-17-15-13-11-12-14-16-18-20-22-34-26(32)36-38-30(9,10)24-28(4,5)6/h11-12H,13-24H2,1-10H3/b12-11+. The summed E-state index contributed by atoms with van der Waals surface area (Å²) in [7, 11) is 0. The molecule has 0 aromatic rings. The summed E-state index contributed by atoms with van der Waals surface area (Å²) >= 11 is 0. The smallest absolute Gasteiger partial charge is 0.432 e. The van der Waals surface area contributed by atoms with Crippen molar-refractivity contribution in [3.05, 3.63) is 12.2 Å². The maximum atomic E-state index is 11.7. The quantitative estimate of drug-likeness (QED) is 0.0554. The lowest BCUT2D eigenvalue weighted by Gasteiger charge is -2.30. The molecule has 0 aromatic heterocycles. The molecule has 0 N–H and O–H groups in total. The van der Waals surface area contributed by atoms with Crippen LogP contribution in [0.4, 0.5) is 9.59 Å². The Balaban J connectivity index is 3.63. The molecule has 0 atom stereocenters. The average Bonchev–Trinajstić information content (AvgIpc) is 2.73.